The normalized spacial score (nSPS) is 18.0. The van der Waals surface area contributed by atoms with Gasteiger partial charge in [0.25, 0.3) is 0 Å². The summed E-state index contributed by atoms with van der Waals surface area (Å²) in [4.78, 5) is 25.9. The van der Waals surface area contributed by atoms with E-state index in [1.54, 1.807) is 0 Å². The highest BCUT2D eigenvalue weighted by Crippen LogP contribution is 2.18. The minimum absolute atomic E-state index is 0.0340. The maximum absolute atomic E-state index is 12.2. The zero-order chi connectivity index (χ0) is 16.1. The van der Waals surface area contributed by atoms with Crippen LogP contribution in [0.25, 0.3) is 0 Å². The third-order valence-corrected chi connectivity index (χ3v) is 4.37. The van der Waals surface area contributed by atoms with Gasteiger partial charge in [-0.3, -0.25) is 9.59 Å². The van der Waals surface area contributed by atoms with Crippen molar-refractivity contribution < 1.29 is 9.59 Å². The second-order valence-electron chi connectivity index (χ2n) is 5.94. The Bertz CT molecular complexity index is 530. The first kappa shape index (κ1) is 16.8. The molecule has 1 aromatic carbocycles. The first-order valence-corrected chi connectivity index (χ1v) is 8.19. The highest BCUT2D eigenvalue weighted by Gasteiger charge is 2.25. The summed E-state index contributed by atoms with van der Waals surface area (Å²) >= 11 is 5.87. The van der Waals surface area contributed by atoms with E-state index >= 15 is 0 Å². The van der Waals surface area contributed by atoms with Gasteiger partial charge in [-0.05, 0) is 44.4 Å². The van der Waals surface area contributed by atoms with Gasteiger partial charge in [0.15, 0.2) is 0 Å². The average molecular weight is 323 g/mol. The van der Waals surface area contributed by atoms with E-state index in [1.165, 1.54) is 0 Å². The lowest BCUT2D eigenvalue weighted by Crippen LogP contribution is -2.44. The molecule has 1 aliphatic heterocycles. The lowest BCUT2D eigenvalue weighted by molar-refractivity contribution is -0.136. The van der Waals surface area contributed by atoms with Crippen LogP contribution in [0.15, 0.2) is 24.3 Å². The Kier molecular flexibility index (Phi) is 5.83. The molecule has 1 aromatic rings. The molecular formula is C17H23ClN2O2. The molecule has 120 valence electrons. The van der Waals surface area contributed by atoms with Crippen LogP contribution in [0.2, 0.25) is 5.02 Å². The van der Waals surface area contributed by atoms with E-state index in [1.807, 2.05) is 43.0 Å². The molecule has 1 fully saturated rings. The molecule has 1 aliphatic rings. The zero-order valence-corrected chi connectivity index (χ0v) is 13.9. The Labute approximate surface area is 136 Å². The molecule has 5 heteroatoms. The zero-order valence-electron chi connectivity index (χ0n) is 13.1. The number of benzene rings is 1. The second-order valence-corrected chi connectivity index (χ2v) is 6.37. The van der Waals surface area contributed by atoms with Crippen LogP contribution in [0.5, 0.6) is 0 Å². The van der Waals surface area contributed by atoms with Crippen molar-refractivity contribution >= 4 is 23.4 Å². The lowest BCUT2D eigenvalue weighted by Gasteiger charge is -2.32. The molecule has 0 aliphatic carbocycles. The average Bonchev–Trinajstić information content (AvgIpc) is 2.48. The number of likely N-dealkylation sites (tertiary alicyclic amines) is 1. The summed E-state index contributed by atoms with van der Waals surface area (Å²) in [5.74, 6) is 0.130. The summed E-state index contributed by atoms with van der Waals surface area (Å²) in [7, 11) is 0. The smallest absolute Gasteiger partial charge is 0.222 e. The molecule has 2 atom stereocenters. The molecule has 0 bridgehead atoms. The Hall–Kier alpha value is -1.55. The van der Waals surface area contributed by atoms with Crippen LogP contribution in [0.1, 0.15) is 51.1 Å². The number of hydrogen-bond donors (Lipinski definition) is 1. The number of nitrogens with one attached hydrogen (secondary N) is 1. The molecule has 22 heavy (non-hydrogen) atoms. The van der Waals surface area contributed by atoms with Crippen molar-refractivity contribution in [1.29, 1.82) is 0 Å². The maximum Gasteiger partial charge on any atom is 0.222 e. The highest BCUT2D eigenvalue weighted by atomic mass is 35.5. The number of halogens is 1. The predicted molar refractivity (Wildman–Crippen MR) is 87.7 cm³/mol. The summed E-state index contributed by atoms with van der Waals surface area (Å²) in [5, 5.41) is 3.66. The number of amides is 2. The first-order valence-electron chi connectivity index (χ1n) is 7.81. The Morgan fingerprint density at radius 2 is 1.95 bits per heavy atom. The second kappa shape index (κ2) is 7.63. The van der Waals surface area contributed by atoms with Gasteiger partial charge in [0.05, 0.1) is 6.04 Å². The van der Waals surface area contributed by atoms with E-state index in [-0.39, 0.29) is 23.9 Å². The van der Waals surface area contributed by atoms with Crippen LogP contribution in [-0.2, 0) is 9.59 Å². The lowest BCUT2D eigenvalue weighted by atomic mass is 10.1. The van der Waals surface area contributed by atoms with Gasteiger partial charge in [0, 0.05) is 30.5 Å². The summed E-state index contributed by atoms with van der Waals surface area (Å²) in [6, 6.07) is 7.32. The van der Waals surface area contributed by atoms with E-state index in [0.717, 1.165) is 24.9 Å². The largest absolute Gasteiger partial charge is 0.350 e. The van der Waals surface area contributed by atoms with Gasteiger partial charge in [-0.15, -0.1) is 0 Å². The highest BCUT2D eigenvalue weighted by molar-refractivity contribution is 6.30. The Morgan fingerprint density at radius 3 is 2.59 bits per heavy atom. The molecule has 1 saturated heterocycles. The molecule has 1 heterocycles. The van der Waals surface area contributed by atoms with Crippen molar-refractivity contribution in [1.82, 2.24) is 10.2 Å². The molecule has 2 unspecified atom stereocenters. The number of piperidine rings is 1. The van der Waals surface area contributed by atoms with Crippen molar-refractivity contribution in [2.24, 2.45) is 0 Å². The van der Waals surface area contributed by atoms with Crippen LogP contribution in [-0.4, -0.2) is 29.3 Å². The van der Waals surface area contributed by atoms with Crippen molar-refractivity contribution in [2.45, 2.75) is 51.6 Å². The van der Waals surface area contributed by atoms with E-state index in [2.05, 4.69) is 5.32 Å². The monoisotopic (exact) mass is 322 g/mol. The summed E-state index contributed by atoms with van der Waals surface area (Å²) in [6.45, 7) is 4.65. The molecule has 2 amide bonds. The molecule has 0 radical (unpaired) electrons. The SMILES string of the molecule is CC(NC(=O)CC(C)N1CCCCC1=O)c1ccc(Cl)cc1. The number of hydrogen-bond acceptors (Lipinski definition) is 2. The van der Waals surface area contributed by atoms with Crippen molar-refractivity contribution in [3.63, 3.8) is 0 Å². The van der Waals surface area contributed by atoms with Crippen molar-refractivity contribution in [3.05, 3.63) is 34.9 Å². The van der Waals surface area contributed by atoms with E-state index in [0.29, 0.717) is 17.9 Å². The molecule has 4 nitrogen and oxygen atoms in total. The van der Waals surface area contributed by atoms with Gasteiger partial charge in [0.2, 0.25) is 11.8 Å². The van der Waals surface area contributed by atoms with Crippen LogP contribution in [0, 0.1) is 0 Å². The van der Waals surface area contributed by atoms with Crippen molar-refractivity contribution in [2.75, 3.05) is 6.54 Å². The van der Waals surface area contributed by atoms with Gasteiger partial charge in [0.1, 0.15) is 0 Å². The molecule has 2 rings (SSSR count). The predicted octanol–water partition coefficient (Wildman–Crippen LogP) is 3.31. The van der Waals surface area contributed by atoms with Crippen LogP contribution < -0.4 is 5.32 Å². The summed E-state index contributed by atoms with van der Waals surface area (Å²) < 4.78 is 0. The fourth-order valence-electron chi connectivity index (χ4n) is 2.81. The summed E-state index contributed by atoms with van der Waals surface area (Å²) in [5.41, 5.74) is 1.01. The van der Waals surface area contributed by atoms with Gasteiger partial charge >= 0.3 is 0 Å². The number of nitrogens with zero attached hydrogens (tertiary/aromatic N) is 1. The van der Waals surface area contributed by atoms with Gasteiger partial charge in [-0.2, -0.15) is 0 Å². The van der Waals surface area contributed by atoms with E-state index in [4.69, 9.17) is 11.6 Å². The van der Waals surface area contributed by atoms with Gasteiger partial charge in [-0.1, -0.05) is 23.7 Å². The standard InChI is InChI=1S/C17H23ClN2O2/c1-12(20-10-4-3-5-17(20)22)11-16(21)19-13(2)14-6-8-15(18)9-7-14/h6-9,12-13H,3-5,10-11H2,1-2H3,(H,19,21). The quantitative estimate of drug-likeness (QED) is 0.904. The maximum atomic E-state index is 12.2. The third-order valence-electron chi connectivity index (χ3n) is 4.12. The van der Waals surface area contributed by atoms with Crippen LogP contribution >= 0.6 is 11.6 Å². The summed E-state index contributed by atoms with van der Waals surface area (Å²) in [6.07, 6.45) is 2.93. The molecule has 0 spiro atoms. The molecule has 0 aromatic heterocycles. The first-order chi connectivity index (χ1) is 10.5. The van der Waals surface area contributed by atoms with Crippen molar-refractivity contribution in [3.8, 4) is 0 Å². The number of carbonyl (C=O) groups excluding carboxylic acids is 2. The molecular weight excluding hydrogens is 300 g/mol. The topological polar surface area (TPSA) is 49.4 Å². The fraction of sp³-hybridized carbons (Fsp3) is 0.529. The Balaban J connectivity index is 1.86. The molecule has 1 N–H and O–H groups in total. The van der Waals surface area contributed by atoms with Gasteiger partial charge < -0.3 is 10.2 Å². The van der Waals surface area contributed by atoms with Crippen LogP contribution in [0.4, 0.5) is 0 Å². The number of carbonyl (C=O) groups is 2. The van der Waals surface area contributed by atoms with E-state index < -0.39 is 0 Å². The van der Waals surface area contributed by atoms with Gasteiger partial charge in [-0.25, -0.2) is 0 Å². The minimum atomic E-state index is -0.0750. The fourth-order valence-corrected chi connectivity index (χ4v) is 2.93. The third kappa shape index (κ3) is 4.47. The van der Waals surface area contributed by atoms with Crippen LogP contribution in [0.3, 0.4) is 0 Å². The number of rotatable bonds is 5. The van der Waals surface area contributed by atoms with E-state index in [9.17, 15) is 9.59 Å². The molecule has 0 saturated carbocycles. The minimum Gasteiger partial charge on any atom is -0.350 e. The Morgan fingerprint density at radius 1 is 1.27 bits per heavy atom.